The zero-order valence-corrected chi connectivity index (χ0v) is 16.3. The fourth-order valence-corrected chi connectivity index (χ4v) is 2.52. The Hall–Kier alpha value is -2.98. The molecular weight excluding hydrogens is 344 g/mol. The molecule has 0 aliphatic rings. The van der Waals surface area contributed by atoms with E-state index in [1.54, 1.807) is 36.5 Å². The molecule has 27 heavy (non-hydrogen) atoms. The maximum absolute atomic E-state index is 13.2. The van der Waals surface area contributed by atoms with E-state index in [2.05, 4.69) is 15.9 Å². The molecule has 1 heterocycles. The summed E-state index contributed by atoms with van der Waals surface area (Å²) in [5.74, 6) is 3.29. The normalized spacial score (nSPS) is 10.5. The SMILES string of the molecule is C#CCOc1cc(C(=O)N(CCN(C)C)Cc2nc[nH]c2C)ccc1OC. The molecule has 0 saturated carbocycles. The van der Waals surface area contributed by atoms with Gasteiger partial charge in [0, 0.05) is 24.3 Å². The fourth-order valence-electron chi connectivity index (χ4n) is 2.52. The Balaban J connectivity index is 2.27. The lowest BCUT2D eigenvalue weighted by Crippen LogP contribution is -2.36. The highest BCUT2D eigenvalue weighted by molar-refractivity contribution is 5.95. The maximum Gasteiger partial charge on any atom is 0.254 e. The van der Waals surface area contributed by atoms with Crippen molar-refractivity contribution in [3.63, 3.8) is 0 Å². The summed E-state index contributed by atoms with van der Waals surface area (Å²) < 4.78 is 10.8. The molecule has 0 unspecified atom stereocenters. The average Bonchev–Trinajstić information content (AvgIpc) is 3.07. The molecule has 144 valence electrons. The second-order valence-corrected chi connectivity index (χ2v) is 6.36. The van der Waals surface area contributed by atoms with Crippen molar-refractivity contribution in [3.05, 3.63) is 41.5 Å². The summed E-state index contributed by atoms with van der Waals surface area (Å²) in [6, 6.07) is 5.10. The Morgan fingerprint density at radius 1 is 1.30 bits per heavy atom. The van der Waals surface area contributed by atoms with Gasteiger partial charge in [-0.3, -0.25) is 4.79 Å². The molecule has 2 aromatic rings. The number of amides is 1. The fraction of sp³-hybridized carbons (Fsp3) is 0.400. The van der Waals surface area contributed by atoms with Crippen LogP contribution in [0.25, 0.3) is 0 Å². The van der Waals surface area contributed by atoms with Crippen molar-refractivity contribution in [1.29, 1.82) is 0 Å². The predicted octanol–water partition coefficient (Wildman–Crippen LogP) is 1.94. The quantitative estimate of drug-likeness (QED) is 0.683. The van der Waals surface area contributed by atoms with Crippen LogP contribution >= 0.6 is 0 Å². The van der Waals surface area contributed by atoms with E-state index in [0.717, 1.165) is 17.9 Å². The van der Waals surface area contributed by atoms with Gasteiger partial charge in [0.1, 0.15) is 6.61 Å². The van der Waals surface area contributed by atoms with Crippen LogP contribution in [0.2, 0.25) is 0 Å². The highest BCUT2D eigenvalue weighted by Crippen LogP contribution is 2.28. The number of hydrogen-bond donors (Lipinski definition) is 1. The van der Waals surface area contributed by atoms with E-state index in [-0.39, 0.29) is 12.5 Å². The van der Waals surface area contributed by atoms with Crippen LogP contribution in [0.4, 0.5) is 0 Å². The first-order chi connectivity index (χ1) is 13.0. The van der Waals surface area contributed by atoms with Gasteiger partial charge >= 0.3 is 0 Å². The summed E-state index contributed by atoms with van der Waals surface area (Å²) in [6.45, 7) is 3.78. The molecule has 0 bridgehead atoms. The third-order valence-corrected chi connectivity index (χ3v) is 4.10. The third kappa shape index (κ3) is 5.50. The summed E-state index contributed by atoms with van der Waals surface area (Å²) >= 11 is 0. The summed E-state index contributed by atoms with van der Waals surface area (Å²) in [5.41, 5.74) is 2.31. The molecule has 0 aliphatic heterocycles. The van der Waals surface area contributed by atoms with Crippen molar-refractivity contribution in [2.45, 2.75) is 13.5 Å². The minimum atomic E-state index is -0.104. The number of imidazole rings is 1. The molecule has 1 aromatic carbocycles. The molecule has 2 rings (SSSR count). The van der Waals surface area contributed by atoms with Crippen molar-refractivity contribution < 1.29 is 14.3 Å². The number of carbonyl (C=O) groups excluding carboxylic acids is 1. The number of H-pyrrole nitrogens is 1. The summed E-state index contributed by atoms with van der Waals surface area (Å²) in [5, 5.41) is 0. The van der Waals surface area contributed by atoms with Crippen LogP contribution in [0.3, 0.4) is 0 Å². The van der Waals surface area contributed by atoms with E-state index >= 15 is 0 Å². The number of ether oxygens (including phenoxy) is 2. The largest absolute Gasteiger partial charge is 0.493 e. The van der Waals surface area contributed by atoms with Crippen molar-refractivity contribution >= 4 is 5.91 Å². The van der Waals surface area contributed by atoms with Gasteiger partial charge in [0.05, 0.1) is 25.7 Å². The number of terminal acetylenes is 1. The zero-order chi connectivity index (χ0) is 19.8. The molecule has 0 radical (unpaired) electrons. The van der Waals surface area contributed by atoms with Crippen LogP contribution in [-0.2, 0) is 6.54 Å². The number of likely N-dealkylation sites (N-methyl/N-ethyl adjacent to an activating group) is 1. The van der Waals surface area contributed by atoms with E-state index in [0.29, 0.717) is 30.2 Å². The van der Waals surface area contributed by atoms with Crippen molar-refractivity contribution in [3.8, 4) is 23.8 Å². The molecule has 0 saturated heterocycles. The topological polar surface area (TPSA) is 70.7 Å². The Morgan fingerprint density at radius 2 is 2.07 bits per heavy atom. The third-order valence-electron chi connectivity index (χ3n) is 4.10. The van der Waals surface area contributed by atoms with Crippen LogP contribution in [0, 0.1) is 19.3 Å². The van der Waals surface area contributed by atoms with E-state index in [9.17, 15) is 4.79 Å². The van der Waals surface area contributed by atoms with E-state index in [1.807, 2.05) is 25.9 Å². The molecule has 1 aromatic heterocycles. The molecule has 0 fully saturated rings. The van der Waals surface area contributed by atoms with Crippen molar-refractivity contribution in [2.75, 3.05) is 40.9 Å². The standard InChI is InChI=1S/C20H26N4O3/c1-6-11-27-19-12-16(7-8-18(19)26-5)20(25)24(10-9-23(3)4)13-17-15(2)21-14-22-17/h1,7-8,12,14H,9-11,13H2,2-5H3,(H,21,22). The minimum Gasteiger partial charge on any atom is -0.493 e. The van der Waals surface area contributed by atoms with Gasteiger partial charge in [-0.25, -0.2) is 4.98 Å². The van der Waals surface area contributed by atoms with Gasteiger partial charge in [-0.2, -0.15) is 0 Å². The smallest absolute Gasteiger partial charge is 0.254 e. The number of hydrogen-bond acceptors (Lipinski definition) is 5. The summed E-state index contributed by atoms with van der Waals surface area (Å²) in [6.07, 6.45) is 6.90. The second kappa shape index (κ2) is 9.64. The van der Waals surface area contributed by atoms with Crippen LogP contribution in [0.15, 0.2) is 24.5 Å². The maximum atomic E-state index is 13.2. The molecule has 0 spiro atoms. The van der Waals surface area contributed by atoms with Crippen LogP contribution in [0.1, 0.15) is 21.7 Å². The highest BCUT2D eigenvalue weighted by Gasteiger charge is 2.20. The van der Waals surface area contributed by atoms with Gasteiger partial charge < -0.3 is 24.3 Å². The Bertz CT molecular complexity index is 808. The van der Waals surface area contributed by atoms with Gasteiger partial charge in [0.25, 0.3) is 5.91 Å². The lowest BCUT2D eigenvalue weighted by molar-refractivity contribution is 0.0729. The molecule has 7 nitrogen and oxygen atoms in total. The molecular formula is C20H26N4O3. The molecule has 0 atom stereocenters. The van der Waals surface area contributed by atoms with E-state index in [4.69, 9.17) is 15.9 Å². The first-order valence-corrected chi connectivity index (χ1v) is 8.63. The first kappa shape index (κ1) is 20.3. The lowest BCUT2D eigenvalue weighted by atomic mass is 10.1. The summed E-state index contributed by atoms with van der Waals surface area (Å²) in [4.78, 5) is 24.3. The average molecular weight is 370 g/mol. The highest BCUT2D eigenvalue weighted by atomic mass is 16.5. The molecule has 7 heteroatoms. The van der Waals surface area contributed by atoms with Crippen LogP contribution in [-0.4, -0.2) is 66.6 Å². The van der Waals surface area contributed by atoms with E-state index in [1.165, 1.54) is 0 Å². The monoisotopic (exact) mass is 370 g/mol. The Kier molecular flexibility index (Phi) is 7.26. The first-order valence-electron chi connectivity index (χ1n) is 8.63. The van der Waals surface area contributed by atoms with Gasteiger partial charge in [0.15, 0.2) is 11.5 Å². The number of aromatic nitrogens is 2. The molecule has 1 N–H and O–H groups in total. The predicted molar refractivity (Wildman–Crippen MR) is 104 cm³/mol. The van der Waals surface area contributed by atoms with Crippen LogP contribution in [0.5, 0.6) is 11.5 Å². The van der Waals surface area contributed by atoms with Crippen LogP contribution < -0.4 is 9.47 Å². The second-order valence-electron chi connectivity index (χ2n) is 6.36. The number of nitrogens with zero attached hydrogens (tertiary/aromatic N) is 3. The number of rotatable bonds is 9. The molecule has 0 aliphatic carbocycles. The number of aryl methyl sites for hydroxylation is 1. The van der Waals surface area contributed by atoms with E-state index < -0.39 is 0 Å². The number of benzene rings is 1. The Labute approximate surface area is 160 Å². The lowest BCUT2D eigenvalue weighted by Gasteiger charge is -2.24. The van der Waals surface area contributed by atoms with Crippen molar-refractivity contribution in [1.82, 2.24) is 19.8 Å². The number of aromatic amines is 1. The van der Waals surface area contributed by atoms with Gasteiger partial charge in [-0.1, -0.05) is 5.92 Å². The minimum absolute atomic E-state index is 0.102. The number of nitrogens with one attached hydrogen (secondary N) is 1. The van der Waals surface area contributed by atoms with Gasteiger partial charge in [0.2, 0.25) is 0 Å². The zero-order valence-electron chi connectivity index (χ0n) is 16.3. The van der Waals surface area contributed by atoms with Crippen molar-refractivity contribution in [2.24, 2.45) is 0 Å². The summed E-state index contributed by atoms with van der Waals surface area (Å²) in [7, 11) is 5.49. The van der Waals surface area contributed by atoms with Gasteiger partial charge in [-0.05, 0) is 39.2 Å². The number of methoxy groups -OCH3 is 1. The Morgan fingerprint density at radius 3 is 2.67 bits per heavy atom. The van der Waals surface area contributed by atoms with Gasteiger partial charge in [-0.15, -0.1) is 6.42 Å². The number of carbonyl (C=O) groups is 1. The molecule has 1 amide bonds.